The van der Waals surface area contributed by atoms with E-state index in [1.165, 1.54) is 30.3 Å². The highest BCUT2D eigenvalue weighted by molar-refractivity contribution is 6.07. The topological polar surface area (TPSA) is 71.5 Å². The number of nitrogens with zero attached hydrogens (tertiary/aromatic N) is 1. The van der Waals surface area contributed by atoms with Crippen LogP contribution in [0.5, 0.6) is 5.75 Å². The van der Waals surface area contributed by atoms with Crippen LogP contribution >= 0.6 is 0 Å². The minimum Gasteiger partial charge on any atom is -0.428 e. The van der Waals surface area contributed by atoms with Gasteiger partial charge < -0.3 is 15.2 Å². The van der Waals surface area contributed by atoms with Gasteiger partial charge in [0.15, 0.2) is 0 Å². The first-order chi connectivity index (χ1) is 18.0. The van der Waals surface area contributed by atoms with Crippen molar-refractivity contribution in [2.75, 3.05) is 0 Å². The lowest BCUT2D eigenvalue weighted by molar-refractivity contribution is -0.253. The highest BCUT2D eigenvalue weighted by Gasteiger charge is 2.44. The zero-order chi connectivity index (χ0) is 27.4. The number of aliphatic hydroxyl groups excluding tert-OH is 1. The van der Waals surface area contributed by atoms with Crippen molar-refractivity contribution in [3.63, 3.8) is 0 Å². The van der Waals surface area contributed by atoms with Crippen molar-refractivity contribution < 1.29 is 41.0 Å². The molecule has 2 N–H and O–H groups in total. The smallest absolute Gasteiger partial charge is 0.428 e. The van der Waals surface area contributed by atoms with Crippen molar-refractivity contribution in [1.29, 1.82) is 0 Å². The summed E-state index contributed by atoms with van der Waals surface area (Å²) in [5.41, 5.74) is 0.382. The number of halogens is 6. The van der Waals surface area contributed by atoms with E-state index in [0.717, 1.165) is 30.5 Å². The molecule has 4 aromatic rings. The van der Waals surface area contributed by atoms with Gasteiger partial charge in [-0.05, 0) is 59.3 Å². The predicted octanol–water partition coefficient (Wildman–Crippen LogP) is 5.82. The molecule has 0 aliphatic rings. The van der Waals surface area contributed by atoms with Gasteiger partial charge in [-0.15, -0.1) is 0 Å². The molecule has 0 saturated carbocycles. The number of carbonyl (C=O) groups excluding carboxylic acids is 1. The van der Waals surface area contributed by atoms with Crippen molar-refractivity contribution in [2.24, 2.45) is 0 Å². The number of carbonyl (C=O) groups is 1. The van der Waals surface area contributed by atoms with Gasteiger partial charge in [0, 0.05) is 17.1 Å². The van der Waals surface area contributed by atoms with E-state index in [9.17, 15) is 36.2 Å². The second-order valence-electron chi connectivity index (χ2n) is 8.39. The number of hydrogen-bond acceptors (Lipinski definition) is 4. The van der Waals surface area contributed by atoms with Crippen molar-refractivity contribution >= 4 is 16.7 Å². The van der Waals surface area contributed by atoms with Gasteiger partial charge in [-0.3, -0.25) is 4.79 Å². The van der Waals surface area contributed by atoms with E-state index in [4.69, 9.17) is 0 Å². The Morgan fingerprint density at radius 2 is 1.71 bits per heavy atom. The summed E-state index contributed by atoms with van der Waals surface area (Å²) in [4.78, 5) is 16.7. The summed E-state index contributed by atoms with van der Waals surface area (Å²) in [5.74, 6) is -2.69. The summed E-state index contributed by atoms with van der Waals surface area (Å²) < 4.78 is 84.0. The van der Waals surface area contributed by atoms with Crippen molar-refractivity contribution in [2.45, 2.75) is 31.1 Å². The second-order valence-corrected chi connectivity index (χ2v) is 8.39. The highest BCUT2D eigenvalue weighted by Crippen LogP contribution is 2.29. The lowest BCUT2D eigenvalue weighted by Crippen LogP contribution is -2.41. The fraction of sp³-hybridized carbons (Fsp3) is 0.185. The minimum atomic E-state index is -4.73. The summed E-state index contributed by atoms with van der Waals surface area (Å²) in [6.45, 7) is 0. The molecule has 0 saturated heterocycles. The molecule has 1 aromatic heterocycles. The number of benzene rings is 3. The number of nitrogens with one attached hydrogen (secondary N) is 1. The van der Waals surface area contributed by atoms with Crippen LogP contribution < -0.4 is 10.1 Å². The number of fused-ring (bicyclic) bond motifs is 1. The van der Waals surface area contributed by atoms with E-state index in [-0.39, 0.29) is 28.5 Å². The lowest BCUT2D eigenvalue weighted by atomic mass is 9.95. The maximum absolute atomic E-state index is 14.2. The molecule has 4 rings (SSSR count). The van der Waals surface area contributed by atoms with Crippen molar-refractivity contribution in [1.82, 2.24) is 10.3 Å². The van der Waals surface area contributed by atoms with E-state index in [1.807, 2.05) is 0 Å². The standard InChI is InChI=1S/C27H20F6N2O3/c28-21-9-8-20(18-6-1-2-7-19(18)21)25(37)35-22(24(36)16-10-11-34-23(29)14-16)13-15-4-3-5-17(12-15)38-27(32,33)26(30)31/h1-12,14,22,24,26,36H,13H2,(H,35,37). The van der Waals surface area contributed by atoms with E-state index >= 15 is 0 Å². The van der Waals surface area contributed by atoms with Crippen LogP contribution in [0, 0.1) is 11.8 Å². The molecule has 0 spiro atoms. The number of amides is 1. The number of alkyl halides is 4. The minimum absolute atomic E-state index is 0.0587. The largest absolute Gasteiger partial charge is 0.461 e. The number of pyridine rings is 1. The third-order valence-corrected chi connectivity index (χ3v) is 5.77. The zero-order valence-electron chi connectivity index (χ0n) is 19.4. The van der Waals surface area contributed by atoms with E-state index < -0.39 is 48.1 Å². The summed E-state index contributed by atoms with van der Waals surface area (Å²) in [6.07, 6.45) is -9.39. The number of rotatable bonds is 9. The van der Waals surface area contributed by atoms with Gasteiger partial charge in [-0.2, -0.15) is 22.0 Å². The summed E-state index contributed by atoms with van der Waals surface area (Å²) in [6, 6.07) is 14.6. The molecule has 1 heterocycles. The fourth-order valence-electron chi connectivity index (χ4n) is 3.97. The third-order valence-electron chi connectivity index (χ3n) is 5.77. The Balaban J connectivity index is 1.66. The maximum atomic E-state index is 14.2. The number of aliphatic hydroxyl groups is 1. The fourth-order valence-corrected chi connectivity index (χ4v) is 3.97. The summed E-state index contributed by atoms with van der Waals surface area (Å²) in [7, 11) is 0. The molecule has 0 aliphatic carbocycles. The molecule has 38 heavy (non-hydrogen) atoms. The molecule has 2 atom stereocenters. The van der Waals surface area contributed by atoms with Crippen LogP contribution in [0.2, 0.25) is 0 Å². The van der Waals surface area contributed by atoms with Gasteiger partial charge in [-0.1, -0.05) is 36.4 Å². The molecular weight excluding hydrogens is 514 g/mol. The van der Waals surface area contributed by atoms with Crippen LogP contribution in [0.3, 0.4) is 0 Å². The summed E-state index contributed by atoms with van der Waals surface area (Å²) in [5, 5.41) is 14.2. The number of aromatic nitrogens is 1. The van der Waals surface area contributed by atoms with Crippen LogP contribution in [-0.4, -0.2) is 34.6 Å². The number of hydrogen-bond donors (Lipinski definition) is 2. The second kappa shape index (κ2) is 11.1. The molecule has 0 bridgehead atoms. The van der Waals surface area contributed by atoms with E-state index in [2.05, 4.69) is 15.0 Å². The van der Waals surface area contributed by atoms with Crippen LogP contribution in [0.25, 0.3) is 10.8 Å². The van der Waals surface area contributed by atoms with Gasteiger partial charge in [0.25, 0.3) is 5.91 Å². The van der Waals surface area contributed by atoms with Crippen molar-refractivity contribution in [3.05, 3.63) is 107 Å². The molecule has 0 radical (unpaired) electrons. The lowest BCUT2D eigenvalue weighted by Gasteiger charge is -2.25. The van der Waals surface area contributed by atoms with Gasteiger partial charge in [0.2, 0.25) is 5.95 Å². The van der Waals surface area contributed by atoms with Gasteiger partial charge in [-0.25, -0.2) is 9.37 Å². The molecule has 3 aromatic carbocycles. The Kier molecular flexibility index (Phi) is 7.86. The quantitative estimate of drug-likeness (QED) is 0.210. The molecule has 0 aliphatic heterocycles. The SMILES string of the molecule is O=C(NC(Cc1cccc(OC(F)(F)C(F)F)c1)C(O)c1ccnc(F)c1)c1ccc(F)c2ccccc12. The molecule has 5 nitrogen and oxygen atoms in total. The van der Waals surface area contributed by atoms with Gasteiger partial charge in [0.05, 0.1) is 12.1 Å². The van der Waals surface area contributed by atoms with Gasteiger partial charge in [0.1, 0.15) is 11.6 Å². The molecule has 1 amide bonds. The monoisotopic (exact) mass is 534 g/mol. The van der Waals surface area contributed by atoms with Crippen LogP contribution in [0.1, 0.15) is 27.6 Å². The van der Waals surface area contributed by atoms with Gasteiger partial charge >= 0.3 is 12.5 Å². The molecule has 0 fully saturated rings. The summed E-state index contributed by atoms with van der Waals surface area (Å²) >= 11 is 0. The van der Waals surface area contributed by atoms with Crippen molar-refractivity contribution in [3.8, 4) is 5.75 Å². The normalized spacial score (nSPS) is 13.4. The Labute approximate surface area is 212 Å². The van der Waals surface area contributed by atoms with Crippen LogP contribution in [0.4, 0.5) is 26.3 Å². The molecular formula is C27H20F6N2O3. The first kappa shape index (κ1) is 26.9. The zero-order valence-corrected chi connectivity index (χ0v) is 19.4. The molecule has 2 unspecified atom stereocenters. The average molecular weight is 534 g/mol. The predicted molar refractivity (Wildman–Crippen MR) is 126 cm³/mol. The Bertz CT molecular complexity index is 1450. The van der Waals surface area contributed by atoms with Crippen LogP contribution in [-0.2, 0) is 6.42 Å². The first-order valence-electron chi connectivity index (χ1n) is 11.3. The molecule has 11 heteroatoms. The highest BCUT2D eigenvalue weighted by atomic mass is 19.3. The molecule has 198 valence electrons. The number of ether oxygens (including phenoxy) is 1. The Hall–Kier alpha value is -4.12. The Morgan fingerprint density at radius 1 is 0.974 bits per heavy atom. The maximum Gasteiger partial charge on any atom is 0.461 e. The average Bonchev–Trinajstić information content (AvgIpc) is 2.88. The van der Waals surface area contributed by atoms with Crippen LogP contribution in [0.15, 0.2) is 79.0 Å². The van der Waals surface area contributed by atoms with E-state index in [0.29, 0.717) is 5.39 Å². The third kappa shape index (κ3) is 6.05. The first-order valence-corrected chi connectivity index (χ1v) is 11.3. The van der Waals surface area contributed by atoms with E-state index in [1.54, 1.807) is 18.2 Å². The Morgan fingerprint density at radius 3 is 2.42 bits per heavy atom.